The van der Waals surface area contributed by atoms with Gasteiger partial charge in [-0.05, 0) is 80.9 Å². The first-order chi connectivity index (χ1) is 17.3. The Morgan fingerprint density at radius 3 is 2.69 bits per heavy atom. The molecule has 6 nitrogen and oxygen atoms in total. The largest absolute Gasteiger partial charge is 0.350 e. The second-order valence-corrected chi connectivity index (χ2v) is 10.0. The number of nitrogens with one attached hydrogen (secondary N) is 1. The third-order valence-corrected chi connectivity index (χ3v) is 7.33. The van der Waals surface area contributed by atoms with Crippen molar-refractivity contribution in [2.24, 2.45) is 0 Å². The minimum absolute atomic E-state index is 0.0407. The maximum Gasteiger partial charge on any atom is 0.243 e. The zero-order chi connectivity index (χ0) is 24.1. The molecule has 1 atom stereocenters. The number of unbranched alkanes of at least 4 members (excludes halogenated alkanes) is 2. The van der Waals surface area contributed by atoms with Crippen LogP contribution in [0.15, 0.2) is 42.5 Å². The van der Waals surface area contributed by atoms with Crippen LogP contribution in [0.5, 0.6) is 0 Å². The van der Waals surface area contributed by atoms with Gasteiger partial charge < -0.3 is 14.5 Å². The summed E-state index contributed by atoms with van der Waals surface area (Å²) >= 11 is 0. The third-order valence-electron chi connectivity index (χ3n) is 7.33. The number of ether oxygens (including phenoxy) is 1. The molecule has 2 heterocycles. The topological polar surface area (TPSA) is 54.0 Å². The van der Waals surface area contributed by atoms with Gasteiger partial charge in [0, 0.05) is 39.1 Å². The molecule has 0 aromatic heterocycles. The molecule has 0 aliphatic carbocycles. The van der Waals surface area contributed by atoms with Crippen LogP contribution in [0, 0.1) is 0 Å². The van der Waals surface area contributed by atoms with Crippen molar-refractivity contribution in [2.45, 2.75) is 70.5 Å². The van der Waals surface area contributed by atoms with Crippen molar-refractivity contribution in [3.63, 3.8) is 0 Å². The molecule has 2 fully saturated rings. The van der Waals surface area contributed by atoms with Gasteiger partial charge in [0.2, 0.25) is 5.91 Å². The van der Waals surface area contributed by atoms with Gasteiger partial charge >= 0.3 is 0 Å². The van der Waals surface area contributed by atoms with Gasteiger partial charge in [0.1, 0.15) is 0 Å². The Labute approximate surface area is 210 Å². The summed E-state index contributed by atoms with van der Waals surface area (Å²) in [7, 11) is 0. The van der Waals surface area contributed by atoms with Gasteiger partial charge in [0.25, 0.3) is 0 Å². The molecule has 2 aromatic rings. The fourth-order valence-electron chi connectivity index (χ4n) is 5.20. The molecule has 1 amide bonds. The SMILES string of the molecule is O=C(CCCCCN(CCc1cccc2ccccc12)CCN1CCCC1)NOC1CCCCO1. The van der Waals surface area contributed by atoms with Crippen molar-refractivity contribution >= 4 is 16.7 Å². The second-order valence-electron chi connectivity index (χ2n) is 10.0. The maximum absolute atomic E-state index is 12.1. The summed E-state index contributed by atoms with van der Waals surface area (Å²) in [6.07, 6.45) is 10.1. The van der Waals surface area contributed by atoms with E-state index in [0.29, 0.717) is 6.42 Å². The lowest BCUT2D eigenvalue weighted by molar-refractivity contribution is -0.200. The number of nitrogens with zero attached hydrogens (tertiary/aromatic N) is 2. The molecule has 4 rings (SSSR count). The lowest BCUT2D eigenvalue weighted by atomic mass is 10.0. The molecule has 2 saturated heterocycles. The number of likely N-dealkylation sites (tertiary alicyclic amines) is 1. The van der Waals surface area contributed by atoms with Crippen LogP contribution in [-0.2, 0) is 20.8 Å². The molecular formula is C29H43N3O3. The van der Waals surface area contributed by atoms with Crippen LogP contribution >= 0.6 is 0 Å². The maximum atomic E-state index is 12.1. The number of carbonyl (C=O) groups is 1. The van der Waals surface area contributed by atoms with Crippen molar-refractivity contribution in [3.8, 4) is 0 Å². The van der Waals surface area contributed by atoms with Crippen LogP contribution in [0.4, 0.5) is 0 Å². The van der Waals surface area contributed by atoms with Gasteiger partial charge in [-0.3, -0.25) is 4.79 Å². The Balaban J connectivity index is 1.18. The van der Waals surface area contributed by atoms with Gasteiger partial charge in [-0.2, -0.15) is 0 Å². The Morgan fingerprint density at radius 2 is 1.83 bits per heavy atom. The summed E-state index contributed by atoms with van der Waals surface area (Å²) in [5.74, 6) is -0.0407. The van der Waals surface area contributed by atoms with Crippen LogP contribution in [0.2, 0.25) is 0 Å². The third kappa shape index (κ3) is 8.87. The number of amides is 1. The monoisotopic (exact) mass is 481 g/mol. The lowest BCUT2D eigenvalue weighted by Gasteiger charge is -2.25. The summed E-state index contributed by atoms with van der Waals surface area (Å²) in [4.78, 5) is 22.7. The molecule has 2 aliphatic heterocycles. The number of benzene rings is 2. The number of carbonyl (C=O) groups excluding carboxylic acids is 1. The first-order valence-corrected chi connectivity index (χ1v) is 13.8. The zero-order valence-corrected chi connectivity index (χ0v) is 21.3. The van der Waals surface area contributed by atoms with Crippen LogP contribution < -0.4 is 5.48 Å². The highest BCUT2D eigenvalue weighted by Gasteiger charge is 2.16. The highest BCUT2D eigenvalue weighted by Crippen LogP contribution is 2.19. The van der Waals surface area contributed by atoms with Gasteiger partial charge in [0.15, 0.2) is 6.29 Å². The van der Waals surface area contributed by atoms with Crippen molar-refractivity contribution < 1.29 is 14.4 Å². The zero-order valence-electron chi connectivity index (χ0n) is 21.3. The molecule has 0 radical (unpaired) electrons. The Hall–Kier alpha value is -1.99. The van der Waals surface area contributed by atoms with E-state index in [4.69, 9.17) is 9.57 Å². The van der Waals surface area contributed by atoms with Crippen LogP contribution in [0.1, 0.15) is 63.4 Å². The highest BCUT2D eigenvalue weighted by atomic mass is 16.8. The molecule has 192 valence electrons. The standard InChI is InChI=1S/C29H43N3O3/c33-28(30-35-29-16-5-9-24-34-29)15-2-1-6-18-32(23-22-31-19-7-8-20-31)21-17-26-13-10-12-25-11-3-4-14-27(25)26/h3-4,10-14,29H,1-2,5-9,15-24H2,(H,30,33). The van der Waals surface area contributed by atoms with E-state index in [1.54, 1.807) is 0 Å². The fourth-order valence-corrected chi connectivity index (χ4v) is 5.20. The van der Waals surface area contributed by atoms with Crippen molar-refractivity contribution in [2.75, 3.05) is 45.9 Å². The molecule has 0 bridgehead atoms. The Kier molecular flexibility index (Phi) is 10.8. The van der Waals surface area contributed by atoms with E-state index in [0.717, 1.165) is 71.2 Å². The Morgan fingerprint density at radius 1 is 0.971 bits per heavy atom. The first kappa shape index (κ1) is 26.1. The summed E-state index contributed by atoms with van der Waals surface area (Å²) in [6, 6.07) is 15.4. The van der Waals surface area contributed by atoms with Crippen molar-refractivity contribution in [1.82, 2.24) is 15.3 Å². The van der Waals surface area contributed by atoms with Crippen molar-refractivity contribution in [3.05, 3.63) is 48.0 Å². The number of rotatable bonds is 14. The number of hydrogen-bond acceptors (Lipinski definition) is 5. The number of hydroxylamine groups is 1. The lowest BCUT2D eigenvalue weighted by Crippen LogP contribution is -2.35. The summed E-state index contributed by atoms with van der Waals surface area (Å²) in [5, 5.41) is 2.70. The fraction of sp³-hybridized carbons (Fsp3) is 0.621. The first-order valence-electron chi connectivity index (χ1n) is 13.8. The molecular weight excluding hydrogens is 438 g/mol. The summed E-state index contributed by atoms with van der Waals surface area (Å²) in [6.45, 7) is 7.68. The van der Waals surface area contributed by atoms with E-state index >= 15 is 0 Å². The Bertz CT molecular complexity index is 888. The minimum Gasteiger partial charge on any atom is -0.350 e. The smallest absolute Gasteiger partial charge is 0.243 e. The molecule has 2 aromatic carbocycles. The number of fused-ring (bicyclic) bond motifs is 1. The second kappa shape index (κ2) is 14.5. The predicted octanol–water partition coefficient (Wildman–Crippen LogP) is 4.91. The normalized spacial score (nSPS) is 18.9. The van der Waals surface area contributed by atoms with E-state index in [-0.39, 0.29) is 12.2 Å². The van der Waals surface area contributed by atoms with Gasteiger partial charge in [-0.15, -0.1) is 0 Å². The summed E-state index contributed by atoms with van der Waals surface area (Å²) in [5.41, 5.74) is 4.01. The average molecular weight is 482 g/mol. The van der Waals surface area contributed by atoms with Gasteiger partial charge in [0.05, 0.1) is 0 Å². The molecule has 35 heavy (non-hydrogen) atoms. The minimum atomic E-state index is -0.279. The van der Waals surface area contributed by atoms with E-state index in [1.165, 1.54) is 48.8 Å². The van der Waals surface area contributed by atoms with Crippen LogP contribution in [0.3, 0.4) is 0 Å². The average Bonchev–Trinajstić information content (AvgIpc) is 3.43. The van der Waals surface area contributed by atoms with E-state index in [1.807, 2.05) is 0 Å². The summed E-state index contributed by atoms with van der Waals surface area (Å²) < 4.78 is 5.49. The van der Waals surface area contributed by atoms with Gasteiger partial charge in [-0.25, -0.2) is 10.3 Å². The van der Waals surface area contributed by atoms with E-state index in [9.17, 15) is 4.79 Å². The van der Waals surface area contributed by atoms with Gasteiger partial charge in [-0.1, -0.05) is 48.9 Å². The van der Waals surface area contributed by atoms with E-state index in [2.05, 4.69) is 57.7 Å². The quantitative estimate of drug-likeness (QED) is 0.307. The molecule has 1 unspecified atom stereocenters. The van der Waals surface area contributed by atoms with E-state index < -0.39 is 0 Å². The van der Waals surface area contributed by atoms with Crippen LogP contribution in [-0.4, -0.2) is 67.9 Å². The number of hydrogen-bond donors (Lipinski definition) is 1. The van der Waals surface area contributed by atoms with Crippen LogP contribution in [0.25, 0.3) is 10.8 Å². The van der Waals surface area contributed by atoms with Crippen molar-refractivity contribution in [1.29, 1.82) is 0 Å². The highest BCUT2D eigenvalue weighted by molar-refractivity contribution is 5.85. The molecule has 6 heteroatoms. The molecule has 1 N–H and O–H groups in total. The molecule has 0 spiro atoms. The molecule has 2 aliphatic rings. The predicted molar refractivity (Wildman–Crippen MR) is 141 cm³/mol. The molecule has 0 saturated carbocycles.